The van der Waals surface area contributed by atoms with Crippen molar-refractivity contribution in [3.63, 3.8) is 0 Å². The van der Waals surface area contributed by atoms with Crippen LogP contribution in [0.25, 0.3) is 10.8 Å². The first kappa shape index (κ1) is 12.2. The average molecular weight is 256 g/mol. The van der Waals surface area contributed by atoms with Gasteiger partial charge in [-0.2, -0.15) is 0 Å². The Bertz CT molecular complexity index is 612. The highest BCUT2D eigenvalue weighted by Crippen LogP contribution is 2.32. The standard InChI is InChI=1S/C16H16O3/c17-16(18)15-10-13-4-2-1-3-12(13)9-14(15)11-5-7-19-8-6-11/h1-4,9-11H,5-8H2,(H,17,18). The Balaban J connectivity index is 2.14. The van der Waals surface area contributed by atoms with Crippen LogP contribution in [0.4, 0.5) is 0 Å². The third kappa shape index (κ3) is 2.34. The number of carboxylic acid groups (broad SMARTS) is 1. The van der Waals surface area contributed by atoms with Crippen LogP contribution >= 0.6 is 0 Å². The van der Waals surface area contributed by atoms with Gasteiger partial charge in [-0.05, 0) is 41.2 Å². The van der Waals surface area contributed by atoms with E-state index >= 15 is 0 Å². The van der Waals surface area contributed by atoms with Crippen LogP contribution < -0.4 is 0 Å². The molecule has 0 atom stereocenters. The number of carbonyl (C=O) groups is 1. The van der Waals surface area contributed by atoms with Gasteiger partial charge in [0.15, 0.2) is 0 Å². The summed E-state index contributed by atoms with van der Waals surface area (Å²) in [5.74, 6) is -0.545. The fourth-order valence-electron chi connectivity index (χ4n) is 2.79. The molecular weight excluding hydrogens is 240 g/mol. The first-order valence-corrected chi connectivity index (χ1v) is 6.59. The largest absolute Gasteiger partial charge is 0.478 e. The summed E-state index contributed by atoms with van der Waals surface area (Å²) in [7, 11) is 0. The molecule has 0 radical (unpaired) electrons. The van der Waals surface area contributed by atoms with Crippen molar-refractivity contribution in [2.24, 2.45) is 0 Å². The Morgan fingerprint density at radius 1 is 1.11 bits per heavy atom. The molecule has 1 N–H and O–H groups in total. The Hall–Kier alpha value is -1.87. The van der Waals surface area contributed by atoms with Crippen molar-refractivity contribution in [2.75, 3.05) is 13.2 Å². The minimum absolute atomic E-state index is 0.296. The van der Waals surface area contributed by atoms with E-state index in [4.69, 9.17) is 4.74 Å². The van der Waals surface area contributed by atoms with Crippen molar-refractivity contribution in [2.45, 2.75) is 18.8 Å². The summed E-state index contributed by atoms with van der Waals surface area (Å²) < 4.78 is 5.36. The van der Waals surface area contributed by atoms with Gasteiger partial charge in [0.25, 0.3) is 0 Å². The minimum atomic E-state index is -0.841. The molecule has 2 aromatic rings. The maximum absolute atomic E-state index is 11.5. The average Bonchev–Trinajstić information content (AvgIpc) is 2.46. The van der Waals surface area contributed by atoms with Gasteiger partial charge in [-0.3, -0.25) is 0 Å². The molecule has 0 aliphatic carbocycles. The van der Waals surface area contributed by atoms with Gasteiger partial charge in [0, 0.05) is 13.2 Å². The van der Waals surface area contributed by atoms with E-state index in [2.05, 4.69) is 0 Å². The van der Waals surface area contributed by atoms with Crippen molar-refractivity contribution < 1.29 is 14.6 Å². The van der Waals surface area contributed by atoms with Crippen LogP contribution in [0.5, 0.6) is 0 Å². The molecule has 98 valence electrons. The van der Waals surface area contributed by atoms with Crippen molar-refractivity contribution in [3.8, 4) is 0 Å². The number of hydrogen-bond acceptors (Lipinski definition) is 2. The molecule has 1 heterocycles. The molecule has 0 bridgehead atoms. The molecule has 1 aliphatic heterocycles. The number of aromatic carboxylic acids is 1. The van der Waals surface area contributed by atoms with Crippen LogP contribution in [-0.4, -0.2) is 24.3 Å². The Morgan fingerprint density at radius 3 is 2.37 bits per heavy atom. The molecule has 0 saturated carbocycles. The molecule has 1 aliphatic rings. The maximum Gasteiger partial charge on any atom is 0.335 e. The first-order valence-electron chi connectivity index (χ1n) is 6.59. The molecule has 2 aromatic carbocycles. The van der Waals surface area contributed by atoms with Gasteiger partial charge in [0.1, 0.15) is 0 Å². The summed E-state index contributed by atoms with van der Waals surface area (Å²) in [6.45, 7) is 1.44. The lowest BCUT2D eigenvalue weighted by molar-refractivity contribution is 0.0685. The molecule has 0 unspecified atom stereocenters. The lowest BCUT2D eigenvalue weighted by Crippen LogP contribution is -2.16. The number of ether oxygens (including phenoxy) is 1. The van der Waals surface area contributed by atoms with Gasteiger partial charge in [-0.15, -0.1) is 0 Å². The second-order valence-electron chi connectivity index (χ2n) is 4.98. The van der Waals surface area contributed by atoms with Crippen molar-refractivity contribution in [3.05, 3.63) is 47.5 Å². The maximum atomic E-state index is 11.5. The Morgan fingerprint density at radius 2 is 1.74 bits per heavy atom. The van der Waals surface area contributed by atoms with Crippen LogP contribution in [0.1, 0.15) is 34.7 Å². The molecule has 3 nitrogen and oxygen atoms in total. The van der Waals surface area contributed by atoms with Crippen molar-refractivity contribution in [1.82, 2.24) is 0 Å². The van der Waals surface area contributed by atoms with E-state index in [0.717, 1.165) is 42.4 Å². The van der Waals surface area contributed by atoms with E-state index in [1.54, 1.807) is 6.07 Å². The monoisotopic (exact) mass is 256 g/mol. The van der Waals surface area contributed by atoms with Crippen molar-refractivity contribution >= 4 is 16.7 Å². The van der Waals surface area contributed by atoms with Gasteiger partial charge in [0.05, 0.1) is 5.56 Å². The van der Waals surface area contributed by atoms with Gasteiger partial charge in [-0.25, -0.2) is 4.79 Å². The fourth-order valence-corrected chi connectivity index (χ4v) is 2.79. The second-order valence-corrected chi connectivity index (χ2v) is 4.98. The summed E-state index contributed by atoms with van der Waals surface area (Å²) in [6, 6.07) is 11.7. The molecule has 3 rings (SSSR count). The smallest absolute Gasteiger partial charge is 0.335 e. The highest BCUT2D eigenvalue weighted by atomic mass is 16.5. The van der Waals surface area contributed by atoms with E-state index < -0.39 is 5.97 Å². The second kappa shape index (κ2) is 5.02. The topological polar surface area (TPSA) is 46.5 Å². The quantitative estimate of drug-likeness (QED) is 0.895. The fraction of sp³-hybridized carbons (Fsp3) is 0.312. The Kier molecular flexibility index (Phi) is 3.22. The zero-order chi connectivity index (χ0) is 13.2. The Labute approximate surface area is 111 Å². The molecule has 0 spiro atoms. The summed E-state index contributed by atoms with van der Waals surface area (Å²) in [5.41, 5.74) is 1.39. The summed E-state index contributed by atoms with van der Waals surface area (Å²) in [5, 5.41) is 11.5. The third-order valence-electron chi connectivity index (χ3n) is 3.81. The summed E-state index contributed by atoms with van der Waals surface area (Å²) >= 11 is 0. The minimum Gasteiger partial charge on any atom is -0.478 e. The highest BCUT2D eigenvalue weighted by molar-refractivity contribution is 5.96. The highest BCUT2D eigenvalue weighted by Gasteiger charge is 2.22. The predicted molar refractivity (Wildman–Crippen MR) is 73.7 cm³/mol. The zero-order valence-electron chi connectivity index (χ0n) is 10.6. The van der Waals surface area contributed by atoms with E-state index in [-0.39, 0.29) is 0 Å². The van der Waals surface area contributed by atoms with Crippen LogP contribution in [0.2, 0.25) is 0 Å². The molecule has 0 aromatic heterocycles. The number of fused-ring (bicyclic) bond motifs is 1. The van der Waals surface area contributed by atoms with Crippen molar-refractivity contribution in [1.29, 1.82) is 0 Å². The molecular formula is C16H16O3. The van der Waals surface area contributed by atoms with Gasteiger partial charge >= 0.3 is 5.97 Å². The van der Waals surface area contributed by atoms with E-state index in [1.807, 2.05) is 30.3 Å². The molecule has 19 heavy (non-hydrogen) atoms. The number of rotatable bonds is 2. The third-order valence-corrected chi connectivity index (χ3v) is 3.81. The van der Waals surface area contributed by atoms with E-state index in [0.29, 0.717) is 11.5 Å². The van der Waals surface area contributed by atoms with Crippen LogP contribution in [0, 0.1) is 0 Å². The molecule has 0 amide bonds. The number of hydrogen-bond donors (Lipinski definition) is 1. The van der Waals surface area contributed by atoms with E-state index in [1.165, 1.54) is 0 Å². The summed E-state index contributed by atoms with van der Waals surface area (Å²) in [6.07, 6.45) is 1.80. The zero-order valence-corrected chi connectivity index (χ0v) is 10.6. The molecule has 3 heteroatoms. The van der Waals surface area contributed by atoms with E-state index in [9.17, 15) is 9.90 Å². The SMILES string of the molecule is O=C(O)c1cc2ccccc2cc1C1CCOCC1. The molecule has 1 fully saturated rings. The van der Waals surface area contributed by atoms with Gasteiger partial charge < -0.3 is 9.84 Å². The summed E-state index contributed by atoms with van der Waals surface area (Å²) in [4.78, 5) is 11.5. The van der Waals surface area contributed by atoms with Gasteiger partial charge in [0.2, 0.25) is 0 Å². The lowest BCUT2D eigenvalue weighted by Gasteiger charge is -2.24. The number of carboxylic acids is 1. The van der Waals surface area contributed by atoms with Crippen LogP contribution in [-0.2, 0) is 4.74 Å². The molecule has 1 saturated heterocycles. The van der Waals surface area contributed by atoms with Gasteiger partial charge in [-0.1, -0.05) is 30.3 Å². The lowest BCUT2D eigenvalue weighted by atomic mass is 9.86. The normalized spacial score (nSPS) is 16.6. The predicted octanol–water partition coefficient (Wildman–Crippen LogP) is 3.43. The number of benzene rings is 2. The van der Waals surface area contributed by atoms with Crippen LogP contribution in [0.15, 0.2) is 36.4 Å². The van der Waals surface area contributed by atoms with Crippen LogP contribution in [0.3, 0.4) is 0 Å². The first-order chi connectivity index (χ1) is 9.25.